The van der Waals surface area contributed by atoms with E-state index in [4.69, 9.17) is 40.2 Å². The molecule has 1 heterocycles. The fourth-order valence-corrected chi connectivity index (χ4v) is 2.86. The molecule has 0 unspecified atom stereocenters. The number of benzene rings is 1. The van der Waals surface area contributed by atoms with Crippen molar-refractivity contribution in [2.45, 2.75) is 6.92 Å². The summed E-state index contributed by atoms with van der Waals surface area (Å²) in [5.74, 6) is 0. The Bertz CT molecular complexity index is 577. The number of hydrazone groups is 1. The molecule has 0 spiro atoms. The highest BCUT2D eigenvalue weighted by Gasteiger charge is 2.09. The number of ether oxygens (including phenoxy) is 1. The Morgan fingerprint density at radius 2 is 2.09 bits per heavy atom. The molecule has 1 aliphatic rings. The van der Waals surface area contributed by atoms with Crippen molar-refractivity contribution in [2.24, 2.45) is 5.10 Å². The summed E-state index contributed by atoms with van der Waals surface area (Å²) >= 11 is 17.3. The summed E-state index contributed by atoms with van der Waals surface area (Å²) in [6.45, 7) is 7.09. The molecular weight excluding hydrogens is 355 g/mol. The minimum atomic E-state index is 0.489. The first kappa shape index (κ1) is 18.4. The minimum absolute atomic E-state index is 0.489. The quantitative estimate of drug-likeness (QED) is 0.471. The van der Waals surface area contributed by atoms with Crippen molar-refractivity contribution in [1.29, 1.82) is 0 Å². The number of nitrogens with zero attached hydrogens (tertiary/aromatic N) is 2. The third kappa shape index (κ3) is 6.24. The zero-order valence-electron chi connectivity index (χ0n) is 12.9. The maximum absolute atomic E-state index is 6.15. The highest BCUT2D eigenvalue weighted by atomic mass is 35.5. The molecule has 0 amide bonds. The Hall–Kier alpha value is -0.920. The van der Waals surface area contributed by atoms with Gasteiger partial charge >= 0.3 is 0 Å². The van der Waals surface area contributed by atoms with Gasteiger partial charge in [-0.15, -0.1) is 0 Å². The zero-order chi connectivity index (χ0) is 16.7. The molecule has 0 aliphatic carbocycles. The summed E-state index contributed by atoms with van der Waals surface area (Å²) in [5.41, 5.74) is 4.39. The zero-order valence-corrected chi connectivity index (χ0v) is 15.3. The van der Waals surface area contributed by atoms with Crippen molar-refractivity contribution in [3.05, 3.63) is 33.8 Å². The van der Waals surface area contributed by atoms with Gasteiger partial charge < -0.3 is 10.1 Å². The van der Waals surface area contributed by atoms with Crippen LogP contribution in [0.4, 0.5) is 0 Å². The van der Waals surface area contributed by atoms with Crippen LogP contribution in [0.15, 0.2) is 23.3 Å². The van der Waals surface area contributed by atoms with Crippen molar-refractivity contribution in [1.82, 2.24) is 15.6 Å². The Morgan fingerprint density at radius 1 is 1.35 bits per heavy atom. The van der Waals surface area contributed by atoms with Crippen LogP contribution in [0.2, 0.25) is 10.0 Å². The van der Waals surface area contributed by atoms with Gasteiger partial charge in [0, 0.05) is 36.8 Å². The predicted octanol–water partition coefficient (Wildman–Crippen LogP) is 2.51. The molecule has 1 aromatic rings. The molecule has 5 nitrogen and oxygen atoms in total. The van der Waals surface area contributed by atoms with Gasteiger partial charge in [0.1, 0.15) is 0 Å². The molecule has 2 rings (SSSR count). The van der Waals surface area contributed by atoms with Crippen LogP contribution in [0.5, 0.6) is 0 Å². The number of hydrogen-bond donors (Lipinski definition) is 2. The lowest BCUT2D eigenvalue weighted by Gasteiger charge is -2.26. The van der Waals surface area contributed by atoms with Crippen LogP contribution < -0.4 is 10.7 Å². The van der Waals surface area contributed by atoms with E-state index in [-0.39, 0.29) is 0 Å². The lowest BCUT2D eigenvalue weighted by Crippen LogP contribution is -2.42. The van der Waals surface area contributed by atoms with Gasteiger partial charge in [0.2, 0.25) is 0 Å². The molecule has 0 saturated carbocycles. The van der Waals surface area contributed by atoms with Gasteiger partial charge in [0.05, 0.1) is 23.9 Å². The summed E-state index contributed by atoms with van der Waals surface area (Å²) in [6.07, 6.45) is 0. The number of morpholine rings is 1. The molecule has 0 aromatic heterocycles. The van der Waals surface area contributed by atoms with Crippen molar-refractivity contribution >= 4 is 46.2 Å². The first-order valence-electron chi connectivity index (χ1n) is 7.40. The molecule has 1 aliphatic heterocycles. The lowest BCUT2D eigenvalue weighted by atomic mass is 10.1. The highest BCUT2D eigenvalue weighted by molar-refractivity contribution is 7.80. The molecule has 2 N–H and O–H groups in total. The summed E-state index contributed by atoms with van der Waals surface area (Å²) in [6, 6.07) is 5.30. The van der Waals surface area contributed by atoms with E-state index in [1.165, 1.54) is 0 Å². The minimum Gasteiger partial charge on any atom is -0.379 e. The highest BCUT2D eigenvalue weighted by Crippen LogP contribution is 2.21. The third-order valence-corrected chi connectivity index (χ3v) is 4.25. The van der Waals surface area contributed by atoms with Crippen LogP contribution in [-0.2, 0) is 4.74 Å². The molecular formula is C15H20Cl2N4OS. The van der Waals surface area contributed by atoms with Gasteiger partial charge in [-0.25, -0.2) is 0 Å². The monoisotopic (exact) mass is 374 g/mol. The van der Waals surface area contributed by atoms with Gasteiger partial charge in [-0.1, -0.05) is 29.3 Å². The van der Waals surface area contributed by atoms with Crippen molar-refractivity contribution in [3.8, 4) is 0 Å². The van der Waals surface area contributed by atoms with Crippen molar-refractivity contribution in [2.75, 3.05) is 39.4 Å². The van der Waals surface area contributed by atoms with E-state index in [0.29, 0.717) is 15.2 Å². The second kappa shape index (κ2) is 9.39. The smallest absolute Gasteiger partial charge is 0.187 e. The maximum Gasteiger partial charge on any atom is 0.187 e. The van der Waals surface area contributed by atoms with Crippen LogP contribution in [0.25, 0.3) is 0 Å². The van der Waals surface area contributed by atoms with Crippen molar-refractivity contribution in [3.63, 3.8) is 0 Å². The summed E-state index contributed by atoms with van der Waals surface area (Å²) in [5, 5.41) is 9.04. The fraction of sp³-hybridized carbons (Fsp3) is 0.467. The van der Waals surface area contributed by atoms with E-state index in [2.05, 4.69) is 20.7 Å². The van der Waals surface area contributed by atoms with Gasteiger partial charge in [-0.3, -0.25) is 10.3 Å². The van der Waals surface area contributed by atoms with Gasteiger partial charge in [0.15, 0.2) is 5.11 Å². The van der Waals surface area contributed by atoms with E-state index >= 15 is 0 Å². The van der Waals surface area contributed by atoms with E-state index in [1.54, 1.807) is 12.1 Å². The number of thiocarbonyl (C=S) groups is 1. The molecule has 8 heteroatoms. The lowest BCUT2D eigenvalue weighted by molar-refractivity contribution is 0.0389. The molecule has 0 bridgehead atoms. The topological polar surface area (TPSA) is 48.9 Å². The summed E-state index contributed by atoms with van der Waals surface area (Å²) < 4.78 is 5.31. The standard InChI is InChI=1S/C15H20Cl2N4OS/c1-11(13-3-2-12(16)10-14(13)17)19-20-15(23)18-4-5-21-6-8-22-9-7-21/h2-3,10H,4-9H2,1H3,(H2,18,20,23)/b19-11-. The first-order chi connectivity index (χ1) is 11.1. The van der Waals surface area contributed by atoms with Gasteiger partial charge in [-0.05, 0) is 31.3 Å². The van der Waals surface area contributed by atoms with Crippen LogP contribution in [0, 0.1) is 0 Å². The van der Waals surface area contributed by atoms with Gasteiger partial charge in [-0.2, -0.15) is 5.10 Å². The Balaban J connectivity index is 1.75. The summed E-state index contributed by atoms with van der Waals surface area (Å²) in [7, 11) is 0. The van der Waals surface area contributed by atoms with Gasteiger partial charge in [0.25, 0.3) is 0 Å². The normalized spacial score (nSPS) is 16.2. The second-order valence-corrected chi connectivity index (χ2v) is 6.39. The van der Waals surface area contributed by atoms with Crippen LogP contribution in [-0.4, -0.2) is 55.1 Å². The number of rotatable bonds is 5. The molecule has 23 heavy (non-hydrogen) atoms. The predicted molar refractivity (Wildman–Crippen MR) is 99.7 cm³/mol. The van der Waals surface area contributed by atoms with Crippen LogP contribution in [0.3, 0.4) is 0 Å². The number of halogens is 2. The second-order valence-electron chi connectivity index (χ2n) is 5.14. The number of nitrogens with one attached hydrogen (secondary N) is 2. The Labute approximate surface area is 152 Å². The van der Waals surface area contributed by atoms with E-state index in [1.807, 2.05) is 13.0 Å². The molecule has 0 atom stereocenters. The van der Waals surface area contributed by atoms with Crippen LogP contribution in [0.1, 0.15) is 12.5 Å². The first-order valence-corrected chi connectivity index (χ1v) is 8.56. The SMILES string of the molecule is C/C(=N/NC(=S)NCCN1CCOCC1)c1ccc(Cl)cc1Cl. The third-order valence-electron chi connectivity index (χ3n) is 3.46. The van der Waals surface area contributed by atoms with Crippen molar-refractivity contribution < 1.29 is 4.74 Å². The Morgan fingerprint density at radius 3 is 2.78 bits per heavy atom. The molecule has 1 aromatic carbocycles. The largest absolute Gasteiger partial charge is 0.379 e. The summed E-state index contributed by atoms with van der Waals surface area (Å²) in [4.78, 5) is 2.33. The van der Waals surface area contributed by atoms with E-state index < -0.39 is 0 Å². The Kier molecular flexibility index (Phi) is 7.52. The van der Waals surface area contributed by atoms with Crippen LogP contribution >= 0.6 is 35.4 Å². The fourth-order valence-electron chi connectivity index (χ4n) is 2.17. The molecule has 1 fully saturated rings. The molecule has 1 saturated heterocycles. The molecule has 0 radical (unpaired) electrons. The number of hydrogen-bond acceptors (Lipinski definition) is 4. The average molecular weight is 375 g/mol. The average Bonchev–Trinajstić information content (AvgIpc) is 2.53. The van der Waals surface area contributed by atoms with E-state index in [0.717, 1.165) is 50.7 Å². The maximum atomic E-state index is 6.15. The molecule has 126 valence electrons. The van der Waals surface area contributed by atoms with E-state index in [9.17, 15) is 0 Å².